The number of anilines is 1. The van der Waals surface area contributed by atoms with Gasteiger partial charge in [0.1, 0.15) is 0 Å². The minimum absolute atomic E-state index is 0.121. The first-order valence-electron chi connectivity index (χ1n) is 4.93. The van der Waals surface area contributed by atoms with Crippen LogP contribution in [0.2, 0.25) is 0 Å². The van der Waals surface area contributed by atoms with Crippen LogP contribution in [-0.4, -0.2) is 27.9 Å². The van der Waals surface area contributed by atoms with Crippen LogP contribution in [-0.2, 0) is 14.8 Å². The van der Waals surface area contributed by atoms with E-state index in [0.29, 0.717) is 11.3 Å². The summed E-state index contributed by atoms with van der Waals surface area (Å²) in [5.74, 6) is -0.401. The van der Waals surface area contributed by atoms with Gasteiger partial charge in [0.05, 0.1) is 11.4 Å². The van der Waals surface area contributed by atoms with Crippen LogP contribution >= 0.6 is 0 Å². The lowest BCUT2D eigenvalue weighted by molar-refractivity contribution is -0.119. The number of amides is 1. The second kappa shape index (κ2) is 5.15. The molecule has 0 saturated heterocycles. The van der Waals surface area contributed by atoms with Gasteiger partial charge in [0.2, 0.25) is 15.9 Å². The van der Waals surface area contributed by atoms with Crippen molar-refractivity contribution in [3.05, 3.63) is 23.8 Å². The molecule has 6 nitrogen and oxygen atoms in total. The van der Waals surface area contributed by atoms with E-state index in [1.165, 1.54) is 19.2 Å². The van der Waals surface area contributed by atoms with Gasteiger partial charge in [0.15, 0.2) is 0 Å². The Hall–Kier alpha value is -1.60. The van der Waals surface area contributed by atoms with Gasteiger partial charge in [0.25, 0.3) is 0 Å². The summed E-state index contributed by atoms with van der Waals surface area (Å²) in [5.41, 5.74) is 6.56. The maximum Gasteiger partial charge on any atom is 0.241 e. The first-order valence-corrected chi connectivity index (χ1v) is 6.41. The summed E-state index contributed by atoms with van der Waals surface area (Å²) in [7, 11) is -2.24. The number of likely N-dealkylation sites (N-methyl/N-ethyl adjacent to an activating group) is 1. The highest BCUT2D eigenvalue weighted by molar-refractivity contribution is 7.89. The van der Waals surface area contributed by atoms with Crippen LogP contribution in [0, 0.1) is 6.92 Å². The number of hydrogen-bond acceptors (Lipinski definition) is 4. The molecular weight excluding hydrogens is 242 g/mol. The molecule has 1 amide bonds. The van der Waals surface area contributed by atoms with Gasteiger partial charge >= 0.3 is 0 Å². The van der Waals surface area contributed by atoms with E-state index < -0.39 is 15.9 Å². The van der Waals surface area contributed by atoms with Gasteiger partial charge in [-0.05, 0) is 30.7 Å². The van der Waals surface area contributed by atoms with Crippen molar-refractivity contribution in [2.75, 3.05) is 19.3 Å². The van der Waals surface area contributed by atoms with Crippen molar-refractivity contribution in [3.63, 3.8) is 0 Å². The highest BCUT2D eigenvalue weighted by atomic mass is 32.2. The molecule has 1 aromatic rings. The maximum absolute atomic E-state index is 11.9. The zero-order chi connectivity index (χ0) is 13.1. The van der Waals surface area contributed by atoms with Gasteiger partial charge in [-0.3, -0.25) is 4.79 Å². The lowest BCUT2D eigenvalue weighted by Crippen LogP contribution is -2.35. The van der Waals surface area contributed by atoms with E-state index >= 15 is 0 Å². The fraction of sp³-hybridized carbons (Fsp3) is 0.300. The van der Waals surface area contributed by atoms with Crippen molar-refractivity contribution in [2.24, 2.45) is 0 Å². The molecule has 1 rings (SSSR count). The van der Waals surface area contributed by atoms with Crippen LogP contribution in [0.5, 0.6) is 0 Å². The van der Waals surface area contributed by atoms with Crippen LogP contribution in [0.15, 0.2) is 23.1 Å². The maximum atomic E-state index is 11.9. The van der Waals surface area contributed by atoms with Gasteiger partial charge in [-0.15, -0.1) is 0 Å². The zero-order valence-corrected chi connectivity index (χ0v) is 10.5. The van der Waals surface area contributed by atoms with E-state index in [0.717, 1.165) is 0 Å². The molecule has 0 aliphatic heterocycles. The van der Waals surface area contributed by atoms with Crippen LogP contribution < -0.4 is 15.8 Å². The summed E-state index contributed by atoms with van der Waals surface area (Å²) < 4.78 is 25.9. The number of nitrogen functional groups attached to an aromatic ring is 1. The molecule has 1 aromatic carbocycles. The van der Waals surface area contributed by atoms with Crippen molar-refractivity contribution < 1.29 is 13.2 Å². The molecule has 0 bridgehead atoms. The molecule has 0 saturated carbocycles. The molecule has 4 N–H and O–H groups in total. The number of nitrogens with two attached hydrogens (primary N) is 1. The molecule has 0 aromatic heterocycles. The van der Waals surface area contributed by atoms with E-state index in [2.05, 4.69) is 10.0 Å². The average Bonchev–Trinajstić information content (AvgIpc) is 2.25. The summed E-state index contributed by atoms with van der Waals surface area (Å²) in [5, 5.41) is 2.33. The Morgan fingerprint density at radius 1 is 1.41 bits per heavy atom. The lowest BCUT2D eigenvalue weighted by Gasteiger charge is -2.09. The summed E-state index contributed by atoms with van der Waals surface area (Å²) in [4.78, 5) is 11.1. The SMILES string of the molecule is CNC(=O)CNS(=O)(=O)c1ccc(N)cc1C. The first-order chi connectivity index (χ1) is 7.86. The van der Waals surface area contributed by atoms with E-state index in [1.807, 2.05) is 0 Å². The Morgan fingerprint density at radius 2 is 2.06 bits per heavy atom. The standard InChI is InChI=1S/C10H15N3O3S/c1-7-5-8(11)3-4-9(7)17(15,16)13-6-10(14)12-2/h3-5,13H,6,11H2,1-2H3,(H,12,14). The van der Waals surface area contributed by atoms with Gasteiger partial charge < -0.3 is 11.1 Å². The predicted molar refractivity (Wildman–Crippen MR) is 64.8 cm³/mol. The van der Waals surface area contributed by atoms with Crippen molar-refractivity contribution in [1.29, 1.82) is 0 Å². The molecule has 17 heavy (non-hydrogen) atoms. The molecule has 0 unspecified atom stereocenters. The normalized spacial score (nSPS) is 11.2. The zero-order valence-electron chi connectivity index (χ0n) is 9.65. The summed E-state index contributed by atoms with van der Waals surface area (Å²) in [6.07, 6.45) is 0. The van der Waals surface area contributed by atoms with Crippen LogP contribution in [0.3, 0.4) is 0 Å². The number of benzene rings is 1. The molecule has 0 aliphatic rings. The third-order valence-corrected chi connectivity index (χ3v) is 3.75. The van der Waals surface area contributed by atoms with E-state index in [4.69, 9.17) is 5.73 Å². The monoisotopic (exact) mass is 257 g/mol. The number of carbonyl (C=O) groups excluding carboxylic acids is 1. The predicted octanol–water partition coefficient (Wildman–Crippen LogP) is -0.398. The minimum atomic E-state index is -3.68. The summed E-state index contributed by atoms with van der Waals surface area (Å²) >= 11 is 0. The number of nitrogens with one attached hydrogen (secondary N) is 2. The van der Waals surface area contributed by atoms with E-state index in [-0.39, 0.29) is 11.4 Å². The van der Waals surface area contributed by atoms with E-state index in [9.17, 15) is 13.2 Å². The highest BCUT2D eigenvalue weighted by Gasteiger charge is 2.17. The van der Waals surface area contributed by atoms with Crippen molar-refractivity contribution >= 4 is 21.6 Å². The first kappa shape index (κ1) is 13.5. The van der Waals surface area contributed by atoms with Crippen LogP contribution in [0.4, 0.5) is 5.69 Å². The smallest absolute Gasteiger partial charge is 0.241 e. The number of rotatable bonds is 4. The van der Waals surface area contributed by atoms with Crippen molar-refractivity contribution in [2.45, 2.75) is 11.8 Å². The Kier molecular flexibility index (Phi) is 4.08. The quantitative estimate of drug-likeness (QED) is 0.639. The Morgan fingerprint density at radius 3 is 2.59 bits per heavy atom. The Balaban J connectivity index is 2.94. The second-order valence-electron chi connectivity index (χ2n) is 3.52. The largest absolute Gasteiger partial charge is 0.399 e. The minimum Gasteiger partial charge on any atom is -0.399 e. The van der Waals surface area contributed by atoms with Gasteiger partial charge in [-0.1, -0.05) is 0 Å². The molecule has 7 heteroatoms. The third-order valence-electron chi connectivity index (χ3n) is 2.19. The third kappa shape index (κ3) is 3.43. The second-order valence-corrected chi connectivity index (χ2v) is 5.26. The lowest BCUT2D eigenvalue weighted by atomic mass is 10.2. The number of hydrogen-bond donors (Lipinski definition) is 3. The van der Waals surface area contributed by atoms with Gasteiger partial charge in [0, 0.05) is 12.7 Å². The highest BCUT2D eigenvalue weighted by Crippen LogP contribution is 2.17. The van der Waals surface area contributed by atoms with Crippen molar-refractivity contribution in [3.8, 4) is 0 Å². The van der Waals surface area contributed by atoms with Crippen LogP contribution in [0.25, 0.3) is 0 Å². The molecular formula is C10H15N3O3S. The Bertz CT molecular complexity index is 526. The Labute approximate surface area is 100 Å². The molecule has 0 atom stereocenters. The van der Waals surface area contributed by atoms with Gasteiger partial charge in [-0.2, -0.15) is 0 Å². The molecule has 94 valence electrons. The fourth-order valence-electron chi connectivity index (χ4n) is 1.30. The van der Waals surface area contributed by atoms with Gasteiger partial charge in [-0.25, -0.2) is 13.1 Å². The number of aryl methyl sites for hydroxylation is 1. The average molecular weight is 257 g/mol. The molecule has 0 fully saturated rings. The van der Waals surface area contributed by atoms with Crippen LogP contribution in [0.1, 0.15) is 5.56 Å². The number of carbonyl (C=O) groups is 1. The molecule has 0 aliphatic carbocycles. The molecule has 0 radical (unpaired) electrons. The summed E-state index contributed by atoms with van der Waals surface area (Å²) in [6, 6.07) is 4.48. The topological polar surface area (TPSA) is 101 Å². The summed E-state index contributed by atoms with van der Waals surface area (Å²) in [6.45, 7) is 1.35. The molecule has 0 spiro atoms. The fourth-order valence-corrected chi connectivity index (χ4v) is 2.51. The number of sulfonamides is 1. The molecule has 0 heterocycles. The van der Waals surface area contributed by atoms with E-state index in [1.54, 1.807) is 13.0 Å². The van der Waals surface area contributed by atoms with Crippen molar-refractivity contribution in [1.82, 2.24) is 10.0 Å².